The third kappa shape index (κ3) is 8.42. The Balaban J connectivity index is 5.11. The zero-order valence-corrected chi connectivity index (χ0v) is 13.9. The van der Waals surface area contributed by atoms with E-state index < -0.39 is 21.3 Å². The summed E-state index contributed by atoms with van der Waals surface area (Å²) in [7, 11) is -1.33. The topological polar surface area (TPSA) is 21.6 Å². The van der Waals surface area contributed by atoms with Gasteiger partial charge in [-0.25, -0.2) is 0 Å². The maximum Gasteiger partial charge on any atom is 0.426 e. The van der Waals surface area contributed by atoms with E-state index in [2.05, 4.69) is 4.99 Å². The van der Waals surface area contributed by atoms with E-state index >= 15 is 0 Å². The first kappa shape index (κ1) is 18.6. The van der Waals surface area contributed by atoms with E-state index in [1.54, 1.807) is 0 Å². The second-order valence-corrected chi connectivity index (χ2v) is 8.52. The Morgan fingerprint density at radius 2 is 1.74 bits per heavy atom. The molecule has 0 rings (SSSR count). The van der Waals surface area contributed by atoms with Crippen molar-refractivity contribution in [1.29, 1.82) is 0 Å². The van der Waals surface area contributed by atoms with Gasteiger partial charge in [-0.3, -0.25) is 4.99 Å². The Kier molecular flexibility index (Phi) is 7.29. The molecule has 0 amide bonds. The van der Waals surface area contributed by atoms with Crippen molar-refractivity contribution in [2.24, 2.45) is 10.4 Å². The number of hydrogen-bond donors (Lipinski definition) is 0. The first-order valence-electron chi connectivity index (χ1n) is 6.74. The van der Waals surface area contributed by atoms with Gasteiger partial charge in [-0.15, -0.1) is 0 Å². The molecule has 0 N–H and O–H groups in total. The van der Waals surface area contributed by atoms with Gasteiger partial charge >= 0.3 is 6.18 Å². The van der Waals surface area contributed by atoms with Crippen LogP contribution < -0.4 is 0 Å². The van der Waals surface area contributed by atoms with E-state index in [1.807, 2.05) is 40.8 Å². The van der Waals surface area contributed by atoms with Crippen LogP contribution in [0.1, 0.15) is 40.5 Å². The molecular formula is C13H26F3NOSi. The van der Waals surface area contributed by atoms with E-state index in [9.17, 15) is 13.2 Å². The van der Waals surface area contributed by atoms with Crippen LogP contribution in [0.25, 0.3) is 0 Å². The van der Waals surface area contributed by atoms with Gasteiger partial charge in [0.2, 0.25) is 0 Å². The average Bonchev–Trinajstić information content (AvgIpc) is 2.18. The Labute approximate surface area is 116 Å². The molecule has 0 aliphatic heterocycles. The van der Waals surface area contributed by atoms with Gasteiger partial charge in [0.1, 0.15) is 6.21 Å². The highest BCUT2D eigenvalue weighted by Gasteiger charge is 2.34. The maximum absolute atomic E-state index is 12.3. The molecule has 0 saturated heterocycles. The molecule has 0 aromatic rings. The van der Waals surface area contributed by atoms with E-state index in [1.165, 1.54) is 0 Å². The van der Waals surface area contributed by atoms with Crippen LogP contribution in [0, 0.1) is 5.41 Å². The lowest BCUT2D eigenvalue weighted by atomic mass is 9.83. The standard InChI is InChI=1S/C13H26F3NOSi/c1-7-8-10(17-9-13(14,15)16)11(12(2,3)4)18-19(5)6/h9-11,19H,7-8H2,1-6H3/b17-9-. The molecule has 0 radical (unpaired) electrons. The van der Waals surface area contributed by atoms with Crippen molar-refractivity contribution in [3.8, 4) is 0 Å². The van der Waals surface area contributed by atoms with Crippen molar-refractivity contribution in [1.82, 2.24) is 0 Å². The largest absolute Gasteiger partial charge is 0.426 e. The molecule has 0 aromatic carbocycles. The number of rotatable bonds is 6. The number of aliphatic imine (C=N–C) groups is 1. The molecule has 0 saturated carbocycles. The minimum Gasteiger partial charge on any atom is -0.415 e. The lowest BCUT2D eigenvalue weighted by Gasteiger charge is -2.36. The summed E-state index contributed by atoms with van der Waals surface area (Å²) in [4.78, 5) is 3.75. The van der Waals surface area contributed by atoms with Crippen molar-refractivity contribution in [3.63, 3.8) is 0 Å². The summed E-state index contributed by atoms with van der Waals surface area (Å²) in [5.41, 5.74) is -0.222. The summed E-state index contributed by atoms with van der Waals surface area (Å²) in [6.45, 7) is 12.0. The SMILES string of the molecule is CCCC(/N=C\C(F)(F)F)C(O[SiH](C)C)C(C)(C)C. The van der Waals surface area contributed by atoms with Crippen LogP contribution in [0.3, 0.4) is 0 Å². The predicted molar refractivity (Wildman–Crippen MR) is 76.4 cm³/mol. The Morgan fingerprint density at radius 3 is 2.05 bits per heavy atom. The van der Waals surface area contributed by atoms with Gasteiger partial charge in [0, 0.05) is 0 Å². The number of alkyl halides is 3. The Bertz CT molecular complexity index is 285. The van der Waals surface area contributed by atoms with Gasteiger partial charge in [-0.05, 0) is 24.9 Å². The van der Waals surface area contributed by atoms with Crippen LogP contribution in [-0.2, 0) is 4.43 Å². The van der Waals surface area contributed by atoms with Crippen molar-refractivity contribution in [3.05, 3.63) is 0 Å². The Hall–Kier alpha value is -0.363. The molecule has 6 heteroatoms. The highest BCUT2D eigenvalue weighted by molar-refractivity contribution is 6.48. The van der Waals surface area contributed by atoms with Crippen LogP contribution in [0.2, 0.25) is 13.1 Å². The van der Waals surface area contributed by atoms with Crippen LogP contribution >= 0.6 is 0 Å². The zero-order chi connectivity index (χ0) is 15.3. The average molecular weight is 297 g/mol. The quantitative estimate of drug-likeness (QED) is 0.532. The summed E-state index contributed by atoms with van der Waals surface area (Å²) in [6.07, 6.45) is -3.12. The van der Waals surface area contributed by atoms with Gasteiger partial charge < -0.3 is 4.43 Å². The van der Waals surface area contributed by atoms with E-state index in [0.29, 0.717) is 6.42 Å². The molecule has 0 aromatic heterocycles. The summed E-state index contributed by atoms with van der Waals surface area (Å²) in [6, 6.07) is -0.429. The molecule has 2 unspecified atom stereocenters. The third-order valence-electron chi connectivity index (χ3n) is 2.62. The van der Waals surface area contributed by atoms with E-state index in [4.69, 9.17) is 4.43 Å². The summed E-state index contributed by atoms with van der Waals surface area (Å²) < 4.78 is 42.8. The fraction of sp³-hybridized carbons (Fsp3) is 0.923. The van der Waals surface area contributed by atoms with Crippen molar-refractivity contribution >= 4 is 15.3 Å². The summed E-state index contributed by atoms with van der Waals surface area (Å²) in [5, 5.41) is 0. The lowest BCUT2D eigenvalue weighted by Crippen LogP contribution is -2.42. The number of nitrogens with zero attached hydrogens (tertiary/aromatic N) is 1. The second-order valence-electron chi connectivity index (χ2n) is 6.15. The molecule has 114 valence electrons. The van der Waals surface area contributed by atoms with Crippen molar-refractivity contribution in [2.45, 2.75) is 72.0 Å². The first-order chi connectivity index (χ1) is 8.47. The fourth-order valence-corrected chi connectivity index (χ4v) is 3.12. The van der Waals surface area contributed by atoms with E-state index in [-0.39, 0.29) is 17.7 Å². The van der Waals surface area contributed by atoms with Gasteiger partial charge in [-0.2, -0.15) is 13.2 Å². The molecule has 2 atom stereocenters. The zero-order valence-electron chi connectivity index (χ0n) is 12.7. The highest BCUT2D eigenvalue weighted by atomic mass is 28.3. The molecule has 0 bridgehead atoms. The van der Waals surface area contributed by atoms with Gasteiger partial charge in [0.25, 0.3) is 0 Å². The molecule has 0 fully saturated rings. The van der Waals surface area contributed by atoms with E-state index in [0.717, 1.165) is 6.42 Å². The van der Waals surface area contributed by atoms with Gasteiger partial charge in [0.15, 0.2) is 9.04 Å². The monoisotopic (exact) mass is 297 g/mol. The molecule has 0 heterocycles. The van der Waals surface area contributed by atoms with Crippen LogP contribution in [-0.4, -0.2) is 33.6 Å². The molecule has 0 aliphatic rings. The molecule has 2 nitrogen and oxygen atoms in total. The van der Waals surface area contributed by atoms with Crippen LogP contribution in [0.5, 0.6) is 0 Å². The summed E-state index contributed by atoms with van der Waals surface area (Å²) in [5.74, 6) is 0. The second kappa shape index (κ2) is 7.43. The minimum atomic E-state index is -4.36. The predicted octanol–water partition coefficient (Wildman–Crippen LogP) is 4.20. The first-order valence-corrected chi connectivity index (χ1v) is 9.52. The van der Waals surface area contributed by atoms with Crippen LogP contribution in [0.15, 0.2) is 4.99 Å². The molecular weight excluding hydrogens is 271 g/mol. The van der Waals surface area contributed by atoms with Gasteiger partial charge in [0.05, 0.1) is 12.1 Å². The smallest absolute Gasteiger partial charge is 0.415 e. The minimum absolute atomic E-state index is 0.108. The van der Waals surface area contributed by atoms with Crippen molar-refractivity contribution in [2.75, 3.05) is 0 Å². The normalized spacial score (nSPS) is 17.2. The lowest BCUT2D eigenvalue weighted by molar-refractivity contribution is -0.0544. The highest BCUT2D eigenvalue weighted by Crippen LogP contribution is 2.29. The number of halogens is 3. The Morgan fingerprint density at radius 1 is 1.21 bits per heavy atom. The maximum atomic E-state index is 12.3. The number of hydrogen-bond acceptors (Lipinski definition) is 2. The third-order valence-corrected chi connectivity index (χ3v) is 3.46. The van der Waals surface area contributed by atoms with Crippen LogP contribution in [0.4, 0.5) is 13.2 Å². The fourth-order valence-electron chi connectivity index (χ4n) is 1.95. The van der Waals surface area contributed by atoms with Crippen molar-refractivity contribution < 1.29 is 17.6 Å². The van der Waals surface area contributed by atoms with Gasteiger partial charge in [-0.1, -0.05) is 34.1 Å². The molecule has 19 heavy (non-hydrogen) atoms. The molecule has 0 spiro atoms. The molecule has 0 aliphatic carbocycles. The summed E-state index contributed by atoms with van der Waals surface area (Å²) >= 11 is 0.